The van der Waals surface area contributed by atoms with Gasteiger partial charge in [0.25, 0.3) is 5.91 Å². The molecule has 1 aliphatic heterocycles. The van der Waals surface area contributed by atoms with Crippen molar-refractivity contribution in [3.05, 3.63) is 34.3 Å². The molecule has 0 bridgehead atoms. The highest BCUT2D eigenvalue weighted by Gasteiger charge is 2.26. The molecule has 1 saturated heterocycles. The Labute approximate surface area is 177 Å². The van der Waals surface area contributed by atoms with Crippen molar-refractivity contribution in [2.75, 3.05) is 10.6 Å². The average molecular weight is 421 g/mol. The van der Waals surface area contributed by atoms with Crippen molar-refractivity contribution in [2.45, 2.75) is 45.7 Å². The third kappa shape index (κ3) is 3.62. The third-order valence-corrected chi connectivity index (χ3v) is 5.61. The van der Waals surface area contributed by atoms with Crippen LogP contribution in [0.1, 0.15) is 41.8 Å². The van der Waals surface area contributed by atoms with Gasteiger partial charge in [-0.05, 0) is 32.8 Å². The lowest BCUT2D eigenvalue weighted by atomic mass is 10.1. The minimum atomic E-state index is -0.379. The first-order valence-corrected chi connectivity index (χ1v) is 10.2. The smallest absolute Gasteiger partial charge is 0.254 e. The van der Waals surface area contributed by atoms with Gasteiger partial charge in [-0.25, -0.2) is 0 Å². The summed E-state index contributed by atoms with van der Waals surface area (Å²) < 4.78 is 3.48. The van der Waals surface area contributed by atoms with Crippen LogP contribution in [0.15, 0.2) is 11.8 Å². The lowest BCUT2D eigenvalue weighted by Gasteiger charge is -2.10. The van der Waals surface area contributed by atoms with Crippen molar-refractivity contribution in [3.63, 3.8) is 0 Å². The molecule has 2 aliphatic rings. The van der Waals surface area contributed by atoms with Crippen LogP contribution in [-0.4, -0.2) is 47.2 Å². The van der Waals surface area contributed by atoms with Gasteiger partial charge in [-0.3, -0.25) is 19.6 Å². The van der Waals surface area contributed by atoms with Gasteiger partial charge in [0.15, 0.2) is 5.65 Å². The van der Waals surface area contributed by atoms with Crippen molar-refractivity contribution in [2.24, 2.45) is 7.05 Å². The SMILES string of the molecule is Cc1nn(C)c(C)c1CNc1nc(NC2CC2)n2ncc(/C=C3\CC(=O)NC3=O)c2n1. The molecule has 3 aromatic rings. The van der Waals surface area contributed by atoms with Crippen LogP contribution in [0.2, 0.25) is 0 Å². The number of rotatable bonds is 6. The first-order chi connectivity index (χ1) is 14.9. The highest BCUT2D eigenvalue weighted by Crippen LogP contribution is 2.26. The fourth-order valence-corrected chi connectivity index (χ4v) is 3.63. The predicted molar refractivity (Wildman–Crippen MR) is 113 cm³/mol. The lowest BCUT2D eigenvalue weighted by Crippen LogP contribution is -2.19. The minimum Gasteiger partial charge on any atom is -0.351 e. The number of nitrogens with zero attached hydrogens (tertiary/aromatic N) is 6. The molecule has 31 heavy (non-hydrogen) atoms. The Morgan fingerprint density at radius 1 is 1.26 bits per heavy atom. The van der Waals surface area contributed by atoms with E-state index in [-0.39, 0.29) is 18.2 Å². The van der Waals surface area contributed by atoms with Crippen molar-refractivity contribution < 1.29 is 9.59 Å². The van der Waals surface area contributed by atoms with Crippen molar-refractivity contribution in [1.82, 2.24) is 34.7 Å². The Morgan fingerprint density at radius 3 is 2.71 bits per heavy atom. The standard InChI is InChI=1S/C20H23N9O2/c1-10-15(11(2)28(3)27-10)9-21-19-25-17-13(6-12-7-16(30)24-18(12)31)8-22-29(17)20(26-19)23-14-4-5-14/h6,8,14H,4-5,7,9H2,1-3H3,(H,24,30,31)(H2,21,23,25,26)/b12-6+. The number of imide groups is 1. The Hall–Kier alpha value is -3.76. The van der Waals surface area contributed by atoms with Crippen LogP contribution in [0, 0.1) is 13.8 Å². The van der Waals surface area contributed by atoms with E-state index in [1.807, 2.05) is 25.6 Å². The second-order valence-corrected chi connectivity index (χ2v) is 7.97. The van der Waals surface area contributed by atoms with E-state index in [1.54, 1.807) is 16.8 Å². The van der Waals surface area contributed by atoms with Gasteiger partial charge in [0, 0.05) is 42.0 Å². The van der Waals surface area contributed by atoms with E-state index < -0.39 is 0 Å². The number of fused-ring (bicyclic) bond motifs is 1. The van der Waals surface area contributed by atoms with E-state index in [9.17, 15) is 9.59 Å². The molecule has 1 aliphatic carbocycles. The molecule has 160 valence electrons. The molecule has 3 aromatic heterocycles. The Kier molecular flexibility index (Phi) is 4.45. The normalized spacial score (nSPS) is 17.6. The molecule has 4 heterocycles. The molecule has 2 fully saturated rings. The number of hydrogen-bond acceptors (Lipinski definition) is 8. The van der Waals surface area contributed by atoms with Crippen LogP contribution in [0.5, 0.6) is 0 Å². The molecule has 0 atom stereocenters. The molecule has 3 N–H and O–H groups in total. The Bertz CT molecular complexity index is 1250. The van der Waals surface area contributed by atoms with Crippen molar-refractivity contribution in [3.8, 4) is 0 Å². The molecule has 0 radical (unpaired) electrons. The zero-order valence-corrected chi connectivity index (χ0v) is 17.6. The number of carbonyl (C=O) groups is 2. The summed E-state index contributed by atoms with van der Waals surface area (Å²) in [6, 6.07) is 0.373. The maximum absolute atomic E-state index is 12.0. The van der Waals surface area contributed by atoms with Crippen LogP contribution in [0.25, 0.3) is 11.7 Å². The van der Waals surface area contributed by atoms with Crippen LogP contribution in [-0.2, 0) is 23.2 Å². The number of nitrogens with one attached hydrogen (secondary N) is 3. The largest absolute Gasteiger partial charge is 0.351 e. The highest BCUT2D eigenvalue weighted by molar-refractivity contribution is 6.15. The first-order valence-electron chi connectivity index (χ1n) is 10.2. The zero-order chi connectivity index (χ0) is 21.7. The quantitative estimate of drug-likeness (QED) is 0.398. The van der Waals surface area contributed by atoms with Gasteiger partial charge in [0.05, 0.1) is 18.3 Å². The summed E-state index contributed by atoms with van der Waals surface area (Å²) in [5.41, 5.74) is 4.73. The zero-order valence-electron chi connectivity index (χ0n) is 17.6. The van der Waals surface area contributed by atoms with E-state index in [0.717, 1.165) is 29.8 Å². The topological polar surface area (TPSA) is 131 Å². The predicted octanol–water partition coefficient (Wildman–Crippen LogP) is 1.09. The van der Waals surface area contributed by atoms with E-state index in [4.69, 9.17) is 0 Å². The van der Waals surface area contributed by atoms with Gasteiger partial charge in [-0.15, -0.1) is 0 Å². The second kappa shape index (κ2) is 7.18. The third-order valence-electron chi connectivity index (χ3n) is 5.61. The summed E-state index contributed by atoms with van der Waals surface area (Å²) in [6.45, 7) is 4.53. The number of amides is 2. The highest BCUT2D eigenvalue weighted by atomic mass is 16.2. The van der Waals surface area contributed by atoms with Crippen LogP contribution in [0.4, 0.5) is 11.9 Å². The molecule has 1 saturated carbocycles. The fourth-order valence-electron chi connectivity index (χ4n) is 3.63. The maximum Gasteiger partial charge on any atom is 0.254 e. The Morgan fingerprint density at radius 2 is 2.06 bits per heavy atom. The molecule has 0 spiro atoms. The second-order valence-electron chi connectivity index (χ2n) is 7.97. The molecule has 0 aromatic carbocycles. The van der Waals surface area contributed by atoms with E-state index in [0.29, 0.717) is 41.3 Å². The Balaban J connectivity index is 1.51. The molecule has 11 nitrogen and oxygen atoms in total. The molecule has 2 amide bonds. The summed E-state index contributed by atoms with van der Waals surface area (Å²) in [5, 5.41) is 17.8. The molecular formula is C20H23N9O2. The number of hydrogen-bond donors (Lipinski definition) is 3. The first kappa shape index (κ1) is 19.2. The van der Waals surface area contributed by atoms with Gasteiger partial charge >= 0.3 is 0 Å². The fraction of sp³-hybridized carbons (Fsp3) is 0.400. The molecule has 0 unspecified atom stereocenters. The summed E-state index contributed by atoms with van der Waals surface area (Å²) in [7, 11) is 1.92. The van der Waals surface area contributed by atoms with Crippen molar-refractivity contribution >= 4 is 35.4 Å². The number of aryl methyl sites for hydroxylation is 2. The van der Waals surface area contributed by atoms with Crippen LogP contribution in [0.3, 0.4) is 0 Å². The number of carbonyl (C=O) groups excluding carboxylic acids is 2. The minimum absolute atomic E-state index is 0.0547. The summed E-state index contributed by atoms with van der Waals surface area (Å²) in [5.74, 6) is 0.357. The molecule has 11 heteroatoms. The number of anilines is 2. The summed E-state index contributed by atoms with van der Waals surface area (Å²) >= 11 is 0. The maximum atomic E-state index is 12.0. The summed E-state index contributed by atoms with van der Waals surface area (Å²) in [4.78, 5) is 32.8. The lowest BCUT2D eigenvalue weighted by molar-refractivity contribution is -0.124. The molecule has 5 rings (SSSR count). The van der Waals surface area contributed by atoms with Gasteiger partial charge in [-0.2, -0.15) is 24.7 Å². The van der Waals surface area contributed by atoms with Gasteiger partial charge in [-0.1, -0.05) is 0 Å². The van der Waals surface area contributed by atoms with E-state index >= 15 is 0 Å². The van der Waals surface area contributed by atoms with E-state index in [2.05, 4.69) is 36.1 Å². The van der Waals surface area contributed by atoms with Crippen molar-refractivity contribution in [1.29, 1.82) is 0 Å². The van der Waals surface area contributed by atoms with Gasteiger partial charge in [0.1, 0.15) is 0 Å². The summed E-state index contributed by atoms with van der Waals surface area (Å²) in [6.07, 6.45) is 5.52. The van der Waals surface area contributed by atoms with E-state index in [1.165, 1.54) is 0 Å². The van der Waals surface area contributed by atoms with Crippen LogP contribution < -0.4 is 16.0 Å². The monoisotopic (exact) mass is 421 g/mol. The van der Waals surface area contributed by atoms with Crippen LogP contribution >= 0.6 is 0 Å². The van der Waals surface area contributed by atoms with Gasteiger partial charge < -0.3 is 10.6 Å². The molecular weight excluding hydrogens is 398 g/mol. The number of aromatic nitrogens is 6. The van der Waals surface area contributed by atoms with Gasteiger partial charge in [0.2, 0.25) is 17.8 Å². The average Bonchev–Trinajstić information content (AvgIpc) is 3.28.